The Balaban J connectivity index is 4.17. The molecule has 0 aromatic heterocycles. The fourth-order valence-electron chi connectivity index (χ4n) is 2.22. The number of carbonyl (C=O) groups excluding carboxylic acids is 1. The van der Waals surface area contributed by atoms with Gasteiger partial charge in [-0.1, -0.05) is 31.2 Å². The number of nitrogens with zero attached hydrogens (tertiary/aromatic N) is 1. The third kappa shape index (κ3) is 15.5. The van der Waals surface area contributed by atoms with Crippen molar-refractivity contribution in [2.24, 2.45) is 11.0 Å². The molecule has 29 heavy (non-hydrogen) atoms. The molecule has 0 aliphatic rings. The molecule has 0 bridgehead atoms. The van der Waals surface area contributed by atoms with Gasteiger partial charge >= 0.3 is 18.6 Å². The molecule has 0 radical (unpaired) electrons. The van der Waals surface area contributed by atoms with Crippen molar-refractivity contribution in [3.05, 3.63) is 24.3 Å². The molecule has 5 nitrogen and oxygen atoms in total. The van der Waals surface area contributed by atoms with Gasteiger partial charge in [-0.15, -0.1) is 13.2 Å². The lowest BCUT2D eigenvalue weighted by Crippen LogP contribution is -2.39. The molecule has 2 atom stereocenters. The van der Waals surface area contributed by atoms with E-state index in [0.29, 0.717) is 12.8 Å². The van der Waals surface area contributed by atoms with Crippen LogP contribution in [0.1, 0.15) is 46.0 Å². The quantitative estimate of drug-likeness (QED) is 0.142. The summed E-state index contributed by atoms with van der Waals surface area (Å²) in [5.74, 6) is -1.48. The van der Waals surface area contributed by atoms with Crippen LogP contribution in [-0.4, -0.2) is 37.4 Å². The Morgan fingerprint density at radius 1 is 1.14 bits per heavy atom. The maximum Gasteiger partial charge on any atom is 0.522 e. The average Bonchev–Trinajstić information content (AvgIpc) is 2.59. The normalized spacial score (nSPS) is 15.3. The van der Waals surface area contributed by atoms with E-state index in [2.05, 4.69) is 20.6 Å². The van der Waals surface area contributed by atoms with E-state index in [1.54, 1.807) is 19.1 Å². The highest BCUT2D eigenvalue weighted by atomic mass is 19.4. The minimum absolute atomic E-state index is 0.0362. The Labute approximate surface area is 166 Å². The zero-order valence-corrected chi connectivity index (χ0v) is 16.3. The molecule has 2 amide bonds. The number of nitrogens with one attached hydrogen (secondary N) is 2. The van der Waals surface area contributed by atoms with Gasteiger partial charge in [0.15, 0.2) is 0 Å². The van der Waals surface area contributed by atoms with E-state index in [9.17, 15) is 31.1 Å². The topological polar surface area (TPSA) is 62.7 Å². The number of hydrazone groups is 1. The summed E-state index contributed by atoms with van der Waals surface area (Å²) in [6.45, 7) is 2.64. The highest BCUT2D eigenvalue weighted by Gasteiger charge is 2.35. The lowest BCUT2D eigenvalue weighted by atomic mass is 10.1. The number of unbranched alkanes of at least 4 members (excludes halogenated alkanes) is 1. The minimum Gasteiger partial charge on any atom is -0.330 e. The van der Waals surface area contributed by atoms with E-state index >= 15 is 0 Å². The van der Waals surface area contributed by atoms with Gasteiger partial charge < -0.3 is 5.32 Å². The summed E-state index contributed by atoms with van der Waals surface area (Å²) in [6, 6.07) is -1.15. The maximum atomic E-state index is 12.6. The molecular formula is C18H27F6N3O2. The summed E-state index contributed by atoms with van der Waals surface area (Å²) in [6.07, 6.45) is -0.861. The van der Waals surface area contributed by atoms with Crippen LogP contribution in [0.4, 0.5) is 31.1 Å². The molecular weight excluding hydrogens is 404 g/mol. The number of rotatable bonds is 12. The van der Waals surface area contributed by atoms with E-state index < -0.39 is 37.1 Å². The molecule has 0 fully saturated rings. The van der Waals surface area contributed by atoms with Gasteiger partial charge in [-0.05, 0) is 39.0 Å². The SMILES string of the molecule is C/C=C\C(CCCOC(F)(F)F)NC(=O)NN=CCC/C=C\C(CC)C(F)(F)F. The second-order valence-corrected chi connectivity index (χ2v) is 6.03. The lowest BCUT2D eigenvalue weighted by molar-refractivity contribution is -0.324. The summed E-state index contributed by atoms with van der Waals surface area (Å²) in [5.41, 5.74) is 2.19. The van der Waals surface area contributed by atoms with Crippen LogP contribution in [0, 0.1) is 5.92 Å². The first-order valence-electron chi connectivity index (χ1n) is 9.14. The van der Waals surface area contributed by atoms with Crippen molar-refractivity contribution in [3.8, 4) is 0 Å². The van der Waals surface area contributed by atoms with Crippen molar-refractivity contribution in [3.63, 3.8) is 0 Å². The molecule has 0 heterocycles. The first-order valence-corrected chi connectivity index (χ1v) is 9.14. The van der Waals surface area contributed by atoms with E-state index in [-0.39, 0.29) is 19.3 Å². The van der Waals surface area contributed by atoms with Gasteiger partial charge in [0.2, 0.25) is 0 Å². The summed E-state index contributed by atoms with van der Waals surface area (Å²) >= 11 is 0. The van der Waals surface area contributed by atoms with Crippen molar-refractivity contribution >= 4 is 12.2 Å². The van der Waals surface area contributed by atoms with Crippen LogP contribution < -0.4 is 10.7 Å². The zero-order chi connectivity index (χ0) is 22.3. The number of alkyl halides is 6. The number of allylic oxidation sites excluding steroid dienone is 3. The maximum absolute atomic E-state index is 12.6. The summed E-state index contributed by atoms with van der Waals surface area (Å²) in [7, 11) is 0. The molecule has 0 aliphatic heterocycles. The van der Waals surface area contributed by atoms with Gasteiger partial charge in [0.05, 0.1) is 12.5 Å². The zero-order valence-electron chi connectivity index (χ0n) is 16.3. The number of halogens is 6. The number of hydrogen-bond donors (Lipinski definition) is 2. The van der Waals surface area contributed by atoms with Gasteiger partial charge in [-0.2, -0.15) is 18.3 Å². The molecule has 0 aromatic rings. The number of urea groups is 1. The van der Waals surface area contributed by atoms with Gasteiger partial charge in [-0.25, -0.2) is 10.2 Å². The Hall–Kier alpha value is -2.04. The second-order valence-electron chi connectivity index (χ2n) is 6.03. The van der Waals surface area contributed by atoms with Gasteiger partial charge in [-0.3, -0.25) is 4.74 Å². The average molecular weight is 431 g/mol. The van der Waals surface area contributed by atoms with Gasteiger partial charge in [0.25, 0.3) is 0 Å². The Morgan fingerprint density at radius 3 is 2.38 bits per heavy atom. The largest absolute Gasteiger partial charge is 0.522 e. The first-order chi connectivity index (χ1) is 13.5. The molecule has 2 N–H and O–H groups in total. The van der Waals surface area contributed by atoms with Crippen molar-refractivity contribution in [2.45, 2.75) is 64.5 Å². The van der Waals surface area contributed by atoms with E-state index in [1.165, 1.54) is 19.2 Å². The number of hydrogen-bond acceptors (Lipinski definition) is 3. The van der Waals surface area contributed by atoms with Crippen LogP contribution in [0.2, 0.25) is 0 Å². The lowest BCUT2D eigenvalue weighted by Gasteiger charge is -2.15. The number of ether oxygens (including phenoxy) is 1. The fraction of sp³-hybridized carbons (Fsp3) is 0.667. The van der Waals surface area contributed by atoms with Crippen LogP contribution >= 0.6 is 0 Å². The molecule has 0 aromatic carbocycles. The Morgan fingerprint density at radius 2 is 1.83 bits per heavy atom. The van der Waals surface area contributed by atoms with Crippen molar-refractivity contribution in [1.29, 1.82) is 0 Å². The smallest absolute Gasteiger partial charge is 0.330 e. The van der Waals surface area contributed by atoms with Crippen LogP contribution in [0.5, 0.6) is 0 Å². The molecule has 0 saturated carbocycles. The van der Waals surface area contributed by atoms with Gasteiger partial charge in [0, 0.05) is 12.3 Å². The predicted molar refractivity (Wildman–Crippen MR) is 98.2 cm³/mol. The van der Waals surface area contributed by atoms with E-state index in [0.717, 1.165) is 6.08 Å². The molecule has 0 spiro atoms. The van der Waals surface area contributed by atoms with E-state index in [4.69, 9.17) is 0 Å². The molecule has 0 aliphatic carbocycles. The highest BCUT2D eigenvalue weighted by Crippen LogP contribution is 2.29. The Kier molecular flexibility index (Phi) is 13.0. The fourth-order valence-corrected chi connectivity index (χ4v) is 2.22. The number of amides is 2. The Bertz CT molecular complexity index is 545. The minimum atomic E-state index is -4.69. The molecule has 0 saturated heterocycles. The second kappa shape index (κ2) is 14.0. The van der Waals surface area contributed by atoms with E-state index in [1.807, 2.05) is 0 Å². The third-order valence-electron chi connectivity index (χ3n) is 3.61. The summed E-state index contributed by atoms with van der Waals surface area (Å²) in [4.78, 5) is 11.7. The van der Waals surface area contributed by atoms with Crippen LogP contribution in [0.3, 0.4) is 0 Å². The molecule has 0 rings (SSSR count). The monoisotopic (exact) mass is 431 g/mol. The van der Waals surface area contributed by atoms with Gasteiger partial charge in [0.1, 0.15) is 0 Å². The number of carbonyl (C=O) groups is 1. The van der Waals surface area contributed by atoms with Crippen LogP contribution in [0.15, 0.2) is 29.4 Å². The predicted octanol–water partition coefficient (Wildman–Crippen LogP) is 5.46. The standard InChI is InChI=1S/C18H27F6N3O2/c1-3-9-15(11-8-13-29-18(22,23)24)26-16(28)27-25-12-7-5-6-10-14(4-2)17(19,20)21/h3,6,9-10,12,14-15H,4-5,7-8,11,13H2,1-2H3,(H2,26,27,28)/b9-3-,10-6-,25-12?. The van der Waals surface area contributed by atoms with Crippen LogP contribution in [-0.2, 0) is 4.74 Å². The van der Waals surface area contributed by atoms with Crippen molar-refractivity contribution < 1.29 is 35.9 Å². The third-order valence-corrected chi connectivity index (χ3v) is 3.61. The van der Waals surface area contributed by atoms with Crippen molar-refractivity contribution in [1.82, 2.24) is 10.7 Å². The summed E-state index contributed by atoms with van der Waals surface area (Å²) < 4.78 is 77.1. The first kappa shape index (κ1) is 27.0. The highest BCUT2D eigenvalue weighted by molar-refractivity contribution is 5.75. The van der Waals surface area contributed by atoms with Crippen molar-refractivity contribution in [2.75, 3.05) is 6.61 Å². The molecule has 11 heteroatoms. The molecule has 168 valence electrons. The molecule has 2 unspecified atom stereocenters. The van der Waals surface area contributed by atoms with Crippen LogP contribution in [0.25, 0.3) is 0 Å². The summed E-state index contributed by atoms with van der Waals surface area (Å²) in [5, 5.41) is 6.19.